The zero-order chi connectivity index (χ0) is 28.2. The molecule has 0 unspecified atom stereocenters. The van der Waals surface area contributed by atoms with Gasteiger partial charge in [-0.1, -0.05) is 18.6 Å². The number of pyridine rings is 1. The van der Waals surface area contributed by atoms with Crippen molar-refractivity contribution >= 4 is 11.4 Å². The van der Waals surface area contributed by atoms with Crippen molar-refractivity contribution in [2.24, 2.45) is 13.0 Å². The molecule has 4 aromatic rings. The fraction of sp³-hybridized carbons (Fsp3) is 0.448. The van der Waals surface area contributed by atoms with Crippen LogP contribution < -0.4 is 5.69 Å². The van der Waals surface area contributed by atoms with E-state index in [1.165, 1.54) is 30.0 Å². The van der Waals surface area contributed by atoms with Gasteiger partial charge in [0.2, 0.25) is 5.91 Å². The van der Waals surface area contributed by atoms with Crippen LogP contribution >= 0.6 is 0 Å². The summed E-state index contributed by atoms with van der Waals surface area (Å²) >= 11 is 0. The van der Waals surface area contributed by atoms with Gasteiger partial charge in [0.15, 0.2) is 0 Å². The monoisotopic (exact) mass is 552 g/mol. The van der Waals surface area contributed by atoms with Crippen molar-refractivity contribution < 1.29 is 18.0 Å². The Morgan fingerprint density at radius 2 is 1.82 bits per heavy atom. The molecule has 1 aliphatic carbocycles. The summed E-state index contributed by atoms with van der Waals surface area (Å²) in [4.78, 5) is 27.0. The van der Waals surface area contributed by atoms with Gasteiger partial charge in [0.1, 0.15) is 12.2 Å². The summed E-state index contributed by atoms with van der Waals surface area (Å²) < 4.78 is 47.2. The molecule has 1 atom stereocenters. The largest absolute Gasteiger partial charge is 0.418 e. The lowest BCUT2D eigenvalue weighted by Crippen LogP contribution is -2.36. The highest BCUT2D eigenvalue weighted by molar-refractivity contribution is 5.73. The highest BCUT2D eigenvalue weighted by Crippen LogP contribution is 2.43. The number of benzene rings is 1. The van der Waals surface area contributed by atoms with E-state index in [4.69, 9.17) is 0 Å². The van der Waals surface area contributed by atoms with Gasteiger partial charge in [0.25, 0.3) is 0 Å². The van der Waals surface area contributed by atoms with Crippen LogP contribution in [-0.4, -0.2) is 47.6 Å². The number of imidazole rings is 1. The van der Waals surface area contributed by atoms with Crippen LogP contribution in [0.5, 0.6) is 0 Å². The summed E-state index contributed by atoms with van der Waals surface area (Å²) in [7, 11) is 1.90. The van der Waals surface area contributed by atoms with E-state index in [0.717, 1.165) is 35.1 Å². The van der Waals surface area contributed by atoms with Crippen LogP contribution in [0.1, 0.15) is 73.4 Å². The van der Waals surface area contributed by atoms with Gasteiger partial charge in [-0.25, -0.2) is 4.79 Å². The van der Waals surface area contributed by atoms with Gasteiger partial charge in [-0.05, 0) is 66.8 Å². The first-order chi connectivity index (χ1) is 19.1. The number of nitrogens with zero attached hydrogens (tertiary/aromatic N) is 6. The lowest BCUT2D eigenvalue weighted by atomic mass is 9.72. The minimum atomic E-state index is -4.64. The van der Waals surface area contributed by atoms with Crippen molar-refractivity contribution in [3.8, 4) is 5.69 Å². The van der Waals surface area contributed by atoms with Crippen molar-refractivity contribution in [1.82, 2.24) is 28.6 Å². The molecule has 0 spiro atoms. The molecule has 1 amide bonds. The van der Waals surface area contributed by atoms with E-state index in [1.54, 1.807) is 17.3 Å². The number of amides is 1. The van der Waals surface area contributed by atoms with Crippen LogP contribution in [0.2, 0.25) is 0 Å². The van der Waals surface area contributed by atoms with Gasteiger partial charge in [-0.2, -0.15) is 13.2 Å². The molecule has 1 aromatic carbocycles. The number of carbonyl (C=O) groups excluding carboxylic acids is 1. The summed E-state index contributed by atoms with van der Waals surface area (Å²) in [5.41, 5.74) is 0.342. The number of aromatic nitrogens is 5. The van der Waals surface area contributed by atoms with Gasteiger partial charge >= 0.3 is 11.9 Å². The average molecular weight is 553 g/mol. The Hall–Kier alpha value is -3.89. The maximum absolute atomic E-state index is 14.3. The second kappa shape index (κ2) is 9.94. The first kappa shape index (κ1) is 26.3. The summed E-state index contributed by atoms with van der Waals surface area (Å²) in [5, 5.41) is 8.40. The SMILES string of the molecule is CC(=O)N1CCC(c2cc(C(F)(F)F)c3cn(-c4cccc([C@H](c5nncn5C)C5CCC5)c4)c(=O)n3c2)CC1. The molecule has 0 N–H and O–H groups in total. The van der Waals surface area contributed by atoms with Gasteiger partial charge in [0.05, 0.1) is 16.8 Å². The number of likely N-dealkylation sites (tertiary alicyclic amines) is 1. The summed E-state index contributed by atoms with van der Waals surface area (Å²) in [5.74, 6) is 0.980. The molecule has 40 heavy (non-hydrogen) atoms. The lowest BCUT2D eigenvalue weighted by Gasteiger charge is -2.33. The number of alkyl halides is 3. The van der Waals surface area contributed by atoms with Crippen LogP contribution in [0.25, 0.3) is 11.2 Å². The third-order valence-corrected chi connectivity index (χ3v) is 8.66. The van der Waals surface area contributed by atoms with E-state index in [2.05, 4.69) is 10.2 Å². The highest BCUT2D eigenvalue weighted by Gasteiger charge is 2.36. The molecule has 0 radical (unpaired) electrons. The quantitative estimate of drug-likeness (QED) is 0.353. The third kappa shape index (κ3) is 4.61. The zero-order valence-electron chi connectivity index (χ0n) is 22.4. The molecule has 11 heteroatoms. The Bertz CT molecular complexity index is 1620. The van der Waals surface area contributed by atoms with E-state index in [9.17, 15) is 22.8 Å². The van der Waals surface area contributed by atoms with Crippen LogP contribution in [-0.2, 0) is 18.0 Å². The minimum absolute atomic E-state index is 0.0212. The Morgan fingerprint density at radius 1 is 1.07 bits per heavy atom. The molecule has 3 aromatic heterocycles. The fourth-order valence-electron chi connectivity index (χ4n) is 6.22. The van der Waals surface area contributed by atoms with Crippen molar-refractivity contribution in [3.63, 3.8) is 0 Å². The average Bonchev–Trinajstić information content (AvgIpc) is 3.47. The number of rotatable bonds is 5. The highest BCUT2D eigenvalue weighted by atomic mass is 19.4. The molecule has 210 valence electrons. The Kier molecular flexibility index (Phi) is 6.54. The maximum atomic E-state index is 14.3. The first-order valence-corrected chi connectivity index (χ1v) is 13.7. The van der Waals surface area contributed by atoms with Gasteiger partial charge < -0.3 is 9.47 Å². The predicted molar refractivity (Wildman–Crippen MR) is 142 cm³/mol. The Balaban J connectivity index is 1.43. The van der Waals surface area contributed by atoms with E-state index in [1.807, 2.05) is 29.8 Å². The van der Waals surface area contributed by atoms with E-state index >= 15 is 0 Å². The molecule has 1 aliphatic heterocycles. The standard InChI is InChI=1S/C29H31F3N6O2/c1-18(39)36-11-9-19(10-12-36)22-14-24(29(30,31)32)25-16-37(28(40)38(25)15-22)23-8-4-7-21(13-23)26(20-5-3-6-20)27-34-33-17-35(27)2/h4,7-8,13-17,19-20,26H,3,5-6,9-12H2,1-2H3/t26-/m1/s1. The number of aryl methyl sites for hydroxylation is 1. The van der Waals surface area contributed by atoms with Crippen molar-refractivity contribution in [1.29, 1.82) is 0 Å². The summed E-state index contributed by atoms with van der Waals surface area (Å²) in [6.45, 7) is 2.46. The van der Waals surface area contributed by atoms with E-state index in [-0.39, 0.29) is 23.3 Å². The van der Waals surface area contributed by atoms with E-state index in [0.29, 0.717) is 43.1 Å². The Morgan fingerprint density at radius 3 is 2.42 bits per heavy atom. The Labute approximate surface area is 229 Å². The third-order valence-electron chi connectivity index (χ3n) is 8.66. The van der Waals surface area contributed by atoms with Crippen LogP contribution in [0.3, 0.4) is 0 Å². The molecule has 0 bridgehead atoms. The molecule has 4 heterocycles. The van der Waals surface area contributed by atoms with Gasteiger partial charge in [-0.15, -0.1) is 10.2 Å². The summed E-state index contributed by atoms with van der Waals surface area (Å²) in [6.07, 6.45) is 4.19. The molecule has 6 rings (SSSR count). The predicted octanol–water partition coefficient (Wildman–Crippen LogP) is 4.90. The molecule has 1 saturated heterocycles. The topological polar surface area (TPSA) is 77.4 Å². The molecular weight excluding hydrogens is 521 g/mol. The number of hydrogen-bond donors (Lipinski definition) is 0. The lowest BCUT2D eigenvalue weighted by molar-refractivity contribution is -0.136. The number of fused-ring (bicyclic) bond motifs is 1. The van der Waals surface area contributed by atoms with Crippen molar-refractivity contribution in [2.45, 2.75) is 57.0 Å². The van der Waals surface area contributed by atoms with Crippen molar-refractivity contribution in [3.05, 3.63) is 82.1 Å². The van der Waals surface area contributed by atoms with E-state index < -0.39 is 17.4 Å². The maximum Gasteiger partial charge on any atom is 0.418 e. The van der Waals surface area contributed by atoms with Crippen LogP contribution in [0.15, 0.2) is 53.8 Å². The zero-order valence-corrected chi connectivity index (χ0v) is 22.4. The number of hydrogen-bond acceptors (Lipinski definition) is 4. The fourth-order valence-corrected chi connectivity index (χ4v) is 6.22. The number of halogens is 3. The molecule has 1 saturated carbocycles. The second-order valence-corrected chi connectivity index (χ2v) is 11.1. The smallest absolute Gasteiger partial charge is 0.343 e. The second-order valence-electron chi connectivity index (χ2n) is 11.1. The normalized spacial score (nSPS) is 17.8. The van der Waals surface area contributed by atoms with Crippen LogP contribution in [0, 0.1) is 5.92 Å². The molecular formula is C29H31F3N6O2. The first-order valence-electron chi connectivity index (χ1n) is 13.7. The van der Waals surface area contributed by atoms with Crippen molar-refractivity contribution in [2.75, 3.05) is 13.1 Å². The number of carbonyl (C=O) groups is 1. The molecule has 2 fully saturated rings. The summed E-state index contributed by atoms with van der Waals surface area (Å²) in [6, 6.07) is 8.61. The molecule has 8 nitrogen and oxygen atoms in total. The molecule has 2 aliphatic rings. The minimum Gasteiger partial charge on any atom is -0.343 e. The van der Waals surface area contributed by atoms with Gasteiger partial charge in [0, 0.05) is 45.4 Å². The van der Waals surface area contributed by atoms with Crippen LogP contribution in [0.4, 0.5) is 13.2 Å². The van der Waals surface area contributed by atoms with Gasteiger partial charge in [-0.3, -0.25) is 13.8 Å². The number of piperidine rings is 1.